The van der Waals surface area contributed by atoms with Gasteiger partial charge in [-0.15, -0.1) is 0 Å². The van der Waals surface area contributed by atoms with Gasteiger partial charge in [-0.3, -0.25) is 4.79 Å². The molecule has 158 valence electrons. The van der Waals surface area contributed by atoms with Crippen LogP contribution in [-0.2, 0) is 16.2 Å². The molecule has 31 heavy (non-hydrogen) atoms. The summed E-state index contributed by atoms with van der Waals surface area (Å²) >= 11 is 11.9. The van der Waals surface area contributed by atoms with E-state index < -0.39 is 5.97 Å². The van der Waals surface area contributed by atoms with Gasteiger partial charge in [0.2, 0.25) is 5.91 Å². The van der Waals surface area contributed by atoms with Crippen molar-refractivity contribution in [1.82, 2.24) is 0 Å². The molecule has 3 aromatic rings. The molecule has 1 aliphatic heterocycles. The first-order valence-corrected chi connectivity index (χ1v) is 10.2. The molecule has 0 aliphatic carbocycles. The fourth-order valence-corrected chi connectivity index (χ4v) is 3.41. The van der Waals surface area contributed by atoms with E-state index in [1.54, 1.807) is 47.4 Å². The van der Waals surface area contributed by atoms with Crippen LogP contribution in [0.1, 0.15) is 5.56 Å². The van der Waals surface area contributed by atoms with E-state index in [0.717, 1.165) is 5.56 Å². The Morgan fingerprint density at radius 2 is 1.71 bits per heavy atom. The highest BCUT2D eigenvalue weighted by Crippen LogP contribution is 2.34. The smallest absolute Gasteiger partial charge is 0.331 e. The highest BCUT2D eigenvalue weighted by atomic mass is 35.5. The van der Waals surface area contributed by atoms with Crippen molar-refractivity contribution < 1.29 is 19.1 Å². The third-order valence-corrected chi connectivity index (χ3v) is 5.08. The third kappa shape index (κ3) is 5.48. The lowest BCUT2D eigenvalue weighted by Crippen LogP contribution is -2.41. The first-order valence-electron chi connectivity index (χ1n) is 9.48. The van der Waals surface area contributed by atoms with E-state index in [0.29, 0.717) is 39.5 Å². The number of hydrogen-bond acceptors (Lipinski definition) is 5. The lowest BCUT2D eigenvalue weighted by Gasteiger charge is -2.29. The molecule has 1 aliphatic rings. The predicted octanol–water partition coefficient (Wildman–Crippen LogP) is 4.94. The molecule has 1 N–H and O–H groups in total. The Hall–Kier alpha value is -3.22. The van der Waals surface area contributed by atoms with Gasteiger partial charge in [-0.25, -0.2) is 4.79 Å². The van der Waals surface area contributed by atoms with Gasteiger partial charge < -0.3 is 19.7 Å². The molecule has 6 nitrogen and oxygen atoms in total. The zero-order valence-electron chi connectivity index (χ0n) is 16.3. The average Bonchev–Trinajstić information content (AvgIpc) is 2.75. The van der Waals surface area contributed by atoms with Crippen molar-refractivity contribution in [3.63, 3.8) is 0 Å². The normalized spacial score (nSPS) is 12.7. The molecular weight excluding hydrogens is 439 g/mol. The Balaban J connectivity index is 1.34. The second-order valence-electron chi connectivity index (χ2n) is 6.93. The number of ether oxygens (including phenoxy) is 2. The van der Waals surface area contributed by atoms with Gasteiger partial charge in [0.15, 0.2) is 5.75 Å². The highest BCUT2D eigenvalue weighted by molar-refractivity contribution is 6.31. The maximum Gasteiger partial charge on any atom is 0.331 e. The summed E-state index contributed by atoms with van der Waals surface area (Å²) in [5.74, 6) is 0.367. The molecule has 0 aromatic heterocycles. The molecule has 0 saturated heterocycles. The zero-order chi connectivity index (χ0) is 21.8. The summed E-state index contributed by atoms with van der Waals surface area (Å²) in [7, 11) is 0. The van der Waals surface area contributed by atoms with E-state index in [4.69, 9.17) is 32.7 Å². The van der Waals surface area contributed by atoms with Crippen LogP contribution in [0.5, 0.6) is 11.5 Å². The molecular formula is C23H18Cl2N2O4. The van der Waals surface area contributed by atoms with Crippen LogP contribution in [0.3, 0.4) is 0 Å². The van der Waals surface area contributed by atoms with Gasteiger partial charge in [0.25, 0.3) is 0 Å². The Labute approximate surface area is 189 Å². The van der Waals surface area contributed by atoms with Gasteiger partial charge in [0, 0.05) is 15.7 Å². The van der Waals surface area contributed by atoms with E-state index in [9.17, 15) is 9.59 Å². The lowest BCUT2D eigenvalue weighted by molar-refractivity contribution is -0.133. The summed E-state index contributed by atoms with van der Waals surface area (Å²) in [6, 6.07) is 19.4. The number of benzene rings is 3. The number of carbonyl (C=O) groups is 2. The largest absolute Gasteiger partial charge is 0.489 e. The standard InChI is InChI=1S/C23H18Cl2N2O4/c24-16-3-1-15(2-4-16)14-30-19-8-6-18(7-9-19)26-22(28)12-27-13-23(29)31-21-10-5-17(25)11-20(21)27/h1-11H,12-14H2,(H,26,28). The Bertz CT molecular complexity index is 1100. The van der Waals surface area contributed by atoms with E-state index in [1.165, 1.54) is 0 Å². The molecule has 1 heterocycles. The van der Waals surface area contributed by atoms with Crippen molar-refractivity contribution >= 4 is 46.5 Å². The van der Waals surface area contributed by atoms with E-state index in [-0.39, 0.29) is 19.0 Å². The van der Waals surface area contributed by atoms with Crippen LogP contribution in [0.25, 0.3) is 0 Å². The van der Waals surface area contributed by atoms with Crippen LogP contribution >= 0.6 is 23.2 Å². The van der Waals surface area contributed by atoms with Crippen molar-refractivity contribution in [3.05, 3.63) is 82.3 Å². The van der Waals surface area contributed by atoms with Crippen LogP contribution < -0.4 is 19.7 Å². The minimum atomic E-state index is -0.426. The fraction of sp³-hybridized carbons (Fsp3) is 0.130. The minimum Gasteiger partial charge on any atom is -0.489 e. The molecule has 0 fully saturated rings. The van der Waals surface area contributed by atoms with Crippen molar-refractivity contribution in [3.8, 4) is 11.5 Å². The van der Waals surface area contributed by atoms with Crippen molar-refractivity contribution in [1.29, 1.82) is 0 Å². The predicted molar refractivity (Wildman–Crippen MR) is 120 cm³/mol. The zero-order valence-corrected chi connectivity index (χ0v) is 17.8. The molecule has 0 saturated carbocycles. The number of esters is 1. The number of amides is 1. The number of nitrogens with zero attached hydrogens (tertiary/aromatic N) is 1. The molecule has 8 heteroatoms. The maximum atomic E-state index is 12.5. The molecule has 0 atom stereocenters. The lowest BCUT2D eigenvalue weighted by atomic mass is 10.2. The van der Waals surface area contributed by atoms with Gasteiger partial charge in [0.05, 0.1) is 12.2 Å². The van der Waals surface area contributed by atoms with Crippen molar-refractivity contribution in [2.24, 2.45) is 0 Å². The topological polar surface area (TPSA) is 67.9 Å². The third-order valence-electron chi connectivity index (χ3n) is 4.60. The molecule has 0 spiro atoms. The van der Waals surface area contributed by atoms with Crippen LogP contribution in [-0.4, -0.2) is 25.0 Å². The number of fused-ring (bicyclic) bond motifs is 1. The summed E-state index contributed by atoms with van der Waals surface area (Å²) in [5.41, 5.74) is 2.23. The monoisotopic (exact) mass is 456 g/mol. The van der Waals surface area contributed by atoms with Crippen LogP contribution in [0.15, 0.2) is 66.7 Å². The van der Waals surface area contributed by atoms with Gasteiger partial charge in [-0.1, -0.05) is 35.3 Å². The highest BCUT2D eigenvalue weighted by Gasteiger charge is 2.26. The van der Waals surface area contributed by atoms with E-state index >= 15 is 0 Å². The molecule has 3 aromatic carbocycles. The SMILES string of the molecule is O=C(CN1CC(=O)Oc2ccc(Cl)cc21)Nc1ccc(OCc2ccc(Cl)cc2)cc1. The second kappa shape index (κ2) is 9.29. The first kappa shape index (κ1) is 21.0. The summed E-state index contributed by atoms with van der Waals surface area (Å²) in [4.78, 5) is 26.0. The second-order valence-corrected chi connectivity index (χ2v) is 7.80. The van der Waals surface area contributed by atoms with Gasteiger partial charge in [-0.05, 0) is 60.2 Å². The number of hydrogen-bond donors (Lipinski definition) is 1. The number of nitrogens with one attached hydrogen (secondary N) is 1. The maximum absolute atomic E-state index is 12.5. The van der Waals surface area contributed by atoms with Gasteiger partial charge >= 0.3 is 5.97 Å². The van der Waals surface area contributed by atoms with Crippen molar-refractivity contribution in [2.75, 3.05) is 23.3 Å². The van der Waals surface area contributed by atoms with E-state index in [1.807, 2.05) is 24.3 Å². The Morgan fingerprint density at radius 3 is 2.45 bits per heavy atom. The Kier molecular flexibility index (Phi) is 6.30. The molecule has 0 bridgehead atoms. The quantitative estimate of drug-likeness (QED) is 0.420. The fourth-order valence-electron chi connectivity index (χ4n) is 3.12. The van der Waals surface area contributed by atoms with Crippen LogP contribution in [0.2, 0.25) is 10.0 Å². The number of halogens is 2. The summed E-state index contributed by atoms with van der Waals surface area (Å²) in [5, 5.41) is 4.00. The van der Waals surface area contributed by atoms with Crippen LogP contribution in [0, 0.1) is 0 Å². The molecule has 1 amide bonds. The average molecular weight is 457 g/mol. The molecule has 0 radical (unpaired) electrons. The number of carbonyl (C=O) groups excluding carboxylic acids is 2. The van der Waals surface area contributed by atoms with Gasteiger partial charge in [0.1, 0.15) is 18.9 Å². The number of rotatable bonds is 6. The Morgan fingerprint density at radius 1 is 1.00 bits per heavy atom. The summed E-state index contributed by atoms with van der Waals surface area (Å²) in [6.07, 6.45) is 0. The van der Waals surface area contributed by atoms with E-state index in [2.05, 4.69) is 5.32 Å². The summed E-state index contributed by atoms with van der Waals surface area (Å²) in [6.45, 7) is 0.366. The minimum absolute atomic E-state index is 0.0166. The summed E-state index contributed by atoms with van der Waals surface area (Å²) < 4.78 is 10.9. The first-order chi connectivity index (χ1) is 15.0. The van der Waals surface area contributed by atoms with Crippen LogP contribution in [0.4, 0.5) is 11.4 Å². The number of anilines is 2. The molecule has 0 unspecified atom stereocenters. The van der Waals surface area contributed by atoms with Crippen molar-refractivity contribution in [2.45, 2.75) is 6.61 Å². The molecule has 4 rings (SSSR count). The van der Waals surface area contributed by atoms with Gasteiger partial charge in [-0.2, -0.15) is 0 Å².